The monoisotopic (exact) mass is 497 g/mol. The summed E-state index contributed by atoms with van der Waals surface area (Å²) < 4.78 is 47.3. The fourth-order valence-corrected chi connectivity index (χ4v) is 5.51. The Kier molecular flexibility index (Phi) is 6.15. The Hall–Kier alpha value is -2.47. The molecule has 1 aliphatic carbocycles. The number of carbonyl (C=O) groups excluding carboxylic acids is 1. The van der Waals surface area contributed by atoms with Crippen molar-refractivity contribution in [1.29, 1.82) is 0 Å². The second-order valence-corrected chi connectivity index (χ2v) is 10.3. The number of carboxylic acid groups (broad SMARTS) is 1. The first-order valence-corrected chi connectivity index (χ1v) is 12.2. The highest BCUT2D eigenvalue weighted by molar-refractivity contribution is 5.77. The van der Waals surface area contributed by atoms with Gasteiger partial charge < -0.3 is 14.7 Å². The molecule has 0 spiro atoms. The van der Waals surface area contributed by atoms with E-state index < -0.39 is 29.9 Å². The van der Waals surface area contributed by atoms with Crippen molar-refractivity contribution in [3.63, 3.8) is 0 Å². The molecule has 0 aromatic carbocycles. The lowest BCUT2D eigenvalue weighted by Crippen LogP contribution is -2.70. The van der Waals surface area contributed by atoms with Gasteiger partial charge in [-0.1, -0.05) is 13.3 Å². The number of likely N-dealkylation sites (tertiary alicyclic amines) is 1. The van der Waals surface area contributed by atoms with Crippen LogP contribution in [0.2, 0.25) is 0 Å². The third-order valence-electron chi connectivity index (χ3n) is 7.64. The van der Waals surface area contributed by atoms with Crippen molar-refractivity contribution in [1.82, 2.24) is 25.1 Å². The summed E-state index contributed by atoms with van der Waals surface area (Å²) >= 11 is 0. The number of piperidine rings is 1. The number of aromatic nitrogens is 2. The fourth-order valence-electron chi connectivity index (χ4n) is 5.51. The van der Waals surface area contributed by atoms with E-state index in [2.05, 4.69) is 15.3 Å². The third-order valence-corrected chi connectivity index (χ3v) is 7.64. The van der Waals surface area contributed by atoms with Crippen LogP contribution in [-0.4, -0.2) is 68.5 Å². The number of halogens is 3. The van der Waals surface area contributed by atoms with E-state index >= 15 is 0 Å². The molecule has 0 bridgehead atoms. The van der Waals surface area contributed by atoms with Gasteiger partial charge in [-0.3, -0.25) is 15.0 Å². The molecule has 12 heteroatoms. The van der Waals surface area contributed by atoms with Gasteiger partial charge in [0.1, 0.15) is 12.1 Å². The molecular formula is C23H30F3N5O4. The van der Waals surface area contributed by atoms with Crippen molar-refractivity contribution in [2.45, 2.75) is 82.5 Å². The van der Waals surface area contributed by atoms with E-state index in [1.165, 1.54) is 0 Å². The normalized spacial score (nSPS) is 29.8. The van der Waals surface area contributed by atoms with Crippen molar-refractivity contribution >= 4 is 12.0 Å². The van der Waals surface area contributed by atoms with Crippen LogP contribution >= 0.6 is 0 Å². The number of nitrogens with zero attached hydrogens (tertiary/aromatic N) is 4. The standard InChI is InChI=1S/C23H30F3N5O4/c1-13-5-6-17(32)31(10-13)12-22(29-21(33)34)9-18(35-22)30-8-7-15-16(11-30)27-20(14-3-2-4-14)28-19(15)23(24,25)26/h13-14,18,29H,2-12H2,1H3,(H,33,34)/t13-,18?,22+/m1/s1. The molecule has 4 aliphatic rings. The van der Waals surface area contributed by atoms with Crippen molar-refractivity contribution in [2.24, 2.45) is 5.92 Å². The van der Waals surface area contributed by atoms with Crippen LogP contribution in [0.25, 0.3) is 0 Å². The van der Waals surface area contributed by atoms with Gasteiger partial charge in [0.05, 0.1) is 12.2 Å². The molecule has 9 nitrogen and oxygen atoms in total. The zero-order chi connectivity index (χ0) is 25.0. The Labute approximate surface area is 201 Å². The number of fused-ring (bicyclic) bond motifs is 1. The lowest BCUT2D eigenvalue weighted by Gasteiger charge is -2.53. The second-order valence-electron chi connectivity index (χ2n) is 10.3. The van der Waals surface area contributed by atoms with E-state index in [-0.39, 0.29) is 42.7 Å². The van der Waals surface area contributed by atoms with Crippen LogP contribution in [0.5, 0.6) is 0 Å². The third kappa shape index (κ3) is 4.82. The van der Waals surface area contributed by atoms with Crippen LogP contribution in [-0.2, 0) is 28.7 Å². The van der Waals surface area contributed by atoms with Gasteiger partial charge in [0.2, 0.25) is 5.91 Å². The van der Waals surface area contributed by atoms with Gasteiger partial charge in [-0.15, -0.1) is 0 Å². The highest BCUT2D eigenvalue weighted by Crippen LogP contribution is 2.41. The fraction of sp³-hybridized carbons (Fsp3) is 0.739. The van der Waals surface area contributed by atoms with Crippen molar-refractivity contribution in [2.75, 3.05) is 19.6 Å². The summed E-state index contributed by atoms with van der Waals surface area (Å²) in [6.45, 7) is 3.18. The topological polar surface area (TPSA) is 108 Å². The zero-order valence-corrected chi connectivity index (χ0v) is 19.6. The molecular weight excluding hydrogens is 467 g/mol. The number of alkyl halides is 3. The van der Waals surface area contributed by atoms with Gasteiger partial charge in [-0.25, -0.2) is 14.8 Å². The molecule has 1 saturated carbocycles. The smallest absolute Gasteiger partial charge is 0.433 e. The first-order chi connectivity index (χ1) is 16.5. The number of hydrogen-bond acceptors (Lipinski definition) is 6. The quantitative estimate of drug-likeness (QED) is 0.644. The summed E-state index contributed by atoms with van der Waals surface area (Å²) in [5.41, 5.74) is -1.56. The van der Waals surface area contributed by atoms with Crippen LogP contribution in [0.4, 0.5) is 18.0 Å². The largest absolute Gasteiger partial charge is 0.465 e. The number of carbonyl (C=O) groups is 2. The average Bonchev–Trinajstić information content (AvgIpc) is 2.71. The molecule has 0 radical (unpaired) electrons. The Balaban J connectivity index is 1.32. The molecule has 35 heavy (non-hydrogen) atoms. The van der Waals surface area contributed by atoms with E-state index in [0.29, 0.717) is 37.5 Å². The zero-order valence-electron chi connectivity index (χ0n) is 19.6. The number of rotatable bonds is 5. The molecule has 2 amide bonds. The van der Waals surface area contributed by atoms with Crippen LogP contribution in [0.15, 0.2) is 0 Å². The van der Waals surface area contributed by atoms with Gasteiger partial charge in [-0.2, -0.15) is 13.2 Å². The van der Waals surface area contributed by atoms with E-state index in [9.17, 15) is 27.9 Å². The summed E-state index contributed by atoms with van der Waals surface area (Å²) in [7, 11) is 0. The molecule has 3 fully saturated rings. The average molecular weight is 498 g/mol. The molecule has 1 aromatic heterocycles. The molecule has 3 aliphatic heterocycles. The van der Waals surface area contributed by atoms with Crippen molar-refractivity contribution in [3.05, 3.63) is 22.8 Å². The van der Waals surface area contributed by atoms with Gasteiger partial charge in [0.15, 0.2) is 11.4 Å². The SMILES string of the molecule is C[C@@H]1CCC(=O)N(C[C@]2(NC(=O)O)CC(N3CCc4c(nc(C5CCC5)nc4C(F)(F)F)C3)O2)C1. The van der Waals surface area contributed by atoms with Gasteiger partial charge >= 0.3 is 12.3 Å². The predicted molar refractivity (Wildman–Crippen MR) is 116 cm³/mol. The van der Waals surface area contributed by atoms with E-state index in [1.807, 2.05) is 11.8 Å². The minimum absolute atomic E-state index is 0.0337. The summed E-state index contributed by atoms with van der Waals surface area (Å²) in [6, 6.07) is 0. The summed E-state index contributed by atoms with van der Waals surface area (Å²) in [4.78, 5) is 35.8. The molecule has 1 unspecified atom stereocenters. The maximum Gasteiger partial charge on any atom is 0.433 e. The highest BCUT2D eigenvalue weighted by Gasteiger charge is 2.52. The maximum atomic E-state index is 13.8. The van der Waals surface area contributed by atoms with Crippen LogP contribution in [0.1, 0.15) is 74.1 Å². The molecule has 2 N–H and O–H groups in total. The predicted octanol–water partition coefficient (Wildman–Crippen LogP) is 3.09. The molecule has 1 aromatic rings. The Bertz CT molecular complexity index is 1010. The highest BCUT2D eigenvalue weighted by atomic mass is 19.4. The van der Waals surface area contributed by atoms with E-state index in [4.69, 9.17) is 4.74 Å². The minimum atomic E-state index is -4.54. The van der Waals surface area contributed by atoms with E-state index in [1.54, 1.807) is 4.90 Å². The summed E-state index contributed by atoms with van der Waals surface area (Å²) in [6.07, 6.45) is -2.08. The Morgan fingerprint density at radius 1 is 1.26 bits per heavy atom. The van der Waals surface area contributed by atoms with Gasteiger partial charge in [-0.05, 0) is 31.6 Å². The van der Waals surface area contributed by atoms with Crippen molar-refractivity contribution < 1.29 is 32.6 Å². The summed E-state index contributed by atoms with van der Waals surface area (Å²) in [5, 5.41) is 11.8. The maximum absolute atomic E-state index is 13.8. The Morgan fingerprint density at radius 2 is 2.00 bits per heavy atom. The van der Waals surface area contributed by atoms with E-state index in [0.717, 1.165) is 25.7 Å². The first kappa shape index (κ1) is 24.2. The number of ether oxygens (including phenoxy) is 1. The van der Waals surface area contributed by atoms with Crippen LogP contribution < -0.4 is 5.32 Å². The minimum Gasteiger partial charge on any atom is -0.465 e. The van der Waals surface area contributed by atoms with Gasteiger partial charge in [0.25, 0.3) is 0 Å². The molecule has 3 atom stereocenters. The molecule has 5 rings (SSSR count). The van der Waals surface area contributed by atoms with Gasteiger partial charge in [0, 0.05) is 44.0 Å². The Morgan fingerprint density at radius 3 is 2.63 bits per heavy atom. The van der Waals surface area contributed by atoms with Crippen molar-refractivity contribution in [3.8, 4) is 0 Å². The number of hydrogen-bond donors (Lipinski definition) is 2. The van der Waals surface area contributed by atoms with Crippen LogP contribution in [0, 0.1) is 5.92 Å². The number of amides is 2. The number of nitrogens with one attached hydrogen (secondary N) is 1. The molecule has 4 heterocycles. The second kappa shape index (κ2) is 8.88. The van der Waals surface area contributed by atoms with Crippen LogP contribution in [0.3, 0.4) is 0 Å². The lowest BCUT2D eigenvalue weighted by atomic mass is 9.84. The molecule has 2 saturated heterocycles. The summed E-state index contributed by atoms with van der Waals surface area (Å²) in [5.74, 6) is 0.511. The first-order valence-electron chi connectivity index (χ1n) is 12.2. The molecule has 192 valence electrons. The lowest BCUT2D eigenvalue weighted by molar-refractivity contribution is -0.278.